The number of methoxy groups -OCH3 is 1. The van der Waals surface area contributed by atoms with Crippen LogP contribution in [-0.2, 0) is 13.2 Å². The zero-order valence-corrected chi connectivity index (χ0v) is 15.2. The highest BCUT2D eigenvalue weighted by Gasteiger charge is 2.20. The van der Waals surface area contributed by atoms with Crippen LogP contribution in [-0.4, -0.2) is 24.4 Å². The fourth-order valence-electron chi connectivity index (χ4n) is 2.03. The Labute approximate surface area is 146 Å². The van der Waals surface area contributed by atoms with Crippen LogP contribution in [0.1, 0.15) is 24.3 Å². The average molecular weight is 357 g/mol. The lowest BCUT2D eigenvalue weighted by Gasteiger charge is -2.20. The summed E-state index contributed by atoms with van der Waals surface area (Å²) in [5.74, 6) is 1.19. The zero-order valence-electron chi connectivity index (χ0n) is 13.6. The van der Waals surface area contributed by atoms with Crippen molar-refractivity contribution in [2.24, 2.45) is 0 Å². The van der Waals surface area contributed by atoms with Crippen LogP contribution >= 0.6 is 22.9 Å². The predicted octanol–water partition coefficient (Wildman–Crippen LogP) is 2.82. The SMILES string of the molecule is COc1cc(C[NH2+]C(C)(C)CO)cc(Cl)c1OCc1cccs1. The molecule has 0 aliphatic rings. The lowest BCUT2D eigenvalue weighted by Crippen LogP contribution is -2.95. The van der Waals surface area contributed by atoms with Crippen LogP contribution < -0.4 is 14.8 Å². The predicted molar refractivity (Wildman–Crippen MR) is 93.4 cm³/mol. The van der Waals surface area contributed by atoms with Gasteiger partial charge in [-0.2, -0.15) is 0 Å². The van der Waals surface area contributed by atoms with E-state index in [2.05, 4.69) is 5.32 Å². The van der Waals surface area contributed by atoms with Gasteiger partial charge < -0.3 is 19.9 Å². The van der Waals surface area contributed by atoms with E-state index < -0.39 is 0 Å². The van der Waals surface area contributed by atoms with Gasteiger partial charge in [-0.25, -0.2) is 0 Å². The molecule has 0 amide bonds. The Morgan fingerprint density at radius 2 is 2.13 bits per heavy atom. The van der Waals surface area contributed by atoms with Crippen molar-refractivity contribution >= 4 is 22.9 Å². The van der Waals surface area contributed by atoms with Crippen molar-refractivity contribution in [1.82, 2.24) is 0 Å². The maximum Gasteiger partial charge on any atom is 0.180 e. The fourth-order valence-corrected chi connectivity index (χ4v) is 2.93. The number of thiophene rings is 1. The standard InChI is InChI=1S/C17H22ClNO3S/c1-17(2,11-20)19-9-12-7-14(18)16(15(8-12)21-3)22-10-13-5-4-6-23-13/h4-8,19-20H,9-11H2,1-3H3/p+1. The molecule has 0 saturated heterocycles. The Balaban J connectivity index is 2.11. The molecule has 0 bridgehead atoms. The van der Waals surface area contributed by atoms with Crippen LogP contribution in [0.15, 0.2) is 29.6 Å². The second kappa shape index (κ2) is 8.02. The van der Waals surface area contributed by atoms with Gasteiger partial charge in [-0.3, -0.25) is 0 Å². The summed E-state index contributed by atoms with van der Waals surface area (Å²) in [7, 11) is 1.61. The molecular weight excluding hydrogens is 334 g/mol. The van der Waals surface area contributed by atoms with Crippen molar-refractivity contribution in [1.29, 1.82) is 0 Å². The maximum atomic E-state index is 9.33. The number of benzene rings is 1. The molecule has 23 heavy (non-hydrogen) atoms. The summed E-state index contributed by atoms with van der Waals surface area (Å²) < 4.78 is 11.3. The molecule has 0 spiro atoms. The first-order chi connectivity index (χ1) is 10.9. The van der Waals surface area contributed by atoms with Crippen LogP contribution in [0.25, 0.3) is 0 Å². The van der Waals surface area contributed by atoms with Gasteiger partial charge in [0.15, 0.2) is 11.5 Å². The Kier molecular flexibility index (Phi) is 6.30. The molecule has 1 aromatic heterocycles. The Hall–Kier alpha value is -1.27. The first-order valence-corrected chi connectivity index (χ1v) is 8.68. The molecule has 1 heterocycles. The van der Waals surface area contributed by atoms with Gasteiger partial charge in [0.25, 0.3) is 0 Å². The van der Waals surface area contributed by atoms with E-state index in [1.807, 2.05) is 43.5 Å². The van der Waals surface area contributed by atoms with E-state index in [4.69, 9.17) is 21.1 Å². The molecule has 4 nitrogen and oxygen atoms in total. The molecule has 0 unspecified atom stereocenters. The van der Waals surface area contributed by atoms with Gasteiger partial charge in [0.2, 0.25) is 0 Å². The van der Waals surface area contributed by atoms with E-state index in [-0.39, 0.29) is 12.1 Å². The number of hydrogen-bond acceptors (Lipinski definition) is 4. The quantitative estimate of drug-likeness (QED) is 0.764. The zero-order chi connectivity index (χ0) is 16.9. The van der Waals surface area contributed by atoms with E-state index >= 15 is 0 Å². The van der Waals surface area contributed by atoms with Gasteiger partial charge in [0.05, 0.1) is 18.7 Å². The minimum Gasteiger partial charge on any atom is -0.493 e. The summed E-state index contributed by atoms with van der Waals surface area (Å²) in [5, 5.41) is 14.0. The van der Waals surface area contributed by atoms with Gasteiger partial charge in [-0.05, 0) is 37.4 Å². The van der Waals surface area contributed by atoms with E-state index in [0.29, 0.717) is 29.7 Å². The highest BCUT2D eigenvalue weighted by molar-refractivity contribution is 7.09. The summed E-state index contributed by atoms with van der Waals surface area (Å²) in [6.07, 6.45) is 0. The van der Waals surface area contributed by atoms with Crippen LogP contribution in [0, 0.1) is 0 Å². The van der Waals surface area contributed by atoms with Crippen molar-refractivity contribution < 1.29 is 19.9 Å². The summed E-state index contributed by atoms with van der Waals surface area (Å²) >= 11 is 8.01. The number of rotatable bonds is 8. The molecule has 6 heteroatoms. The van der Waals surface area contributed by atoms with Crippen LogP contribution in [0.4, 0.5) is 0 Å². The summed E-state index contributed by atoms with van der Waals surface area (Å²) in [4.78, 5) is 1.13. The van der Waals surface area contributed by atoms with Crippen LogP contribution in [0.2, 0.25) is 5.02 Å². The normalized spacial score (nSPS) is 11.5. The maximum absolute atomic E-state index is 9.33. The largest absolute Gasteiger partial charge is 0.493 e. The molecule has 126 valence electrons. The minimum atomic E-state index is -0.228. The third-order valence-corrected chi connectivity index (χ3v) is 4.66. The van der Waals surface area contributed by atoms with E-state index in [1.54, 1.807) is 18.4 Å². The highest BCUT2D eigenvalue weighted by atomic mass is 35.5. The topological polar surface area (TPSA) is 55.3 Å². The smallest absolute Gasteiger partial charge is 0.180 e. The van der Waals surface area contributed by atoms with Crippen molar-refractivity contribution in [2.75, 3.05) is 13.7 Å². The second-order valence-electron chi connectivity index (χ2n) is 6.03. The Morgan fingerprint density at radius 1 is 1.35 bits per heavy atom. The number of ether oxygens (including phenoxy) is 2. The third-order valence-electron chi connectivity index (χ3n) is 3.53. The number of nitrogens with two attached hydrogens (primary N) is 1. The lowest BCUT2D eigenvalue weighted by atomic mass is 10.1. The highest BCUT2D eigenvalue weighted by Crippen LogP contribution is 2.37. The first kappa shape index (κ1) is 18.1. The molecule has 2 aromatic rings. The van der Waals surface area contributed by atoms with Gasteiger partial charge >= 0.3 is 0 Å². The van der Waals surface area contributed by atoms with Crippen LogP contribution in [0.3, 0.4) is 0 Å². The molecule has 0 radical (unpaired) electrons. The van der Waals surface area contributed by atoms with Crippen molar-refractivity contribution in [3.05, 3.63) is 45.1 Å². The number of aliphatic hydroxyl groups is 1. The first-order valence-electron chi connectivity index (χ1n) is 7.42. The van der Waals surface area contributed by atoms with Gasteiger partial charge in [0, 0.05) is 10.4 Å². The molecule has 0 saturated carbocycles. The summed E-state index contributed by atoms with van der Waals surface area (Å²) in [5.41, 5.74) is 0.797. The van der Waals surface area contributed by atoms with Crippen LogP contribution in [0.5, 0.6) is 11.5 Å². The van der Waals surface area contributed by atoms with Crippen molar-refractivity contribution in [3.8, 4) is 11.5 Å². The van der Waals surface area contributed by atoms with E-state index in [1.165, 1.54) is 0 Å². The lowest BCUT2D eigenvalue weighted by molar-refractivity contribution is -0.736. The van der Waals surface area contributed by atoms with Crippen molar-refractivity contribution in [3.63, 3.8) is 0 Å². The molecule has 0 atom stereocenters. The van der Waals surface area contributed by atoms with Gasteiger partial charge in [-0.1, -0.05) is 17.7 Å². The monoisotopic (exact) mass is 356 g/mol. The van der Waals surface area contributed by atoms with E-state index in [9.17, 15) is 5.11 Å². The number of hydrogen-bond donors (Lipinski definition) is 2. The molecule has 3 N–H and O–H groups in total. The molecule has 0 aliphatic heterocycles. The number of quaternary nitrogens is 1. The molecule has 2 rings (SSSR count). The van der Waals surface area contributed by atoms with Crippen molar-refractivity contribution in [2.45, 2.75) is 32.5 Å². The Morgan fingerprint density at radius 3 is 2.74 bits per heavy atom. The number of aliphatic hydroxyl groups excluding tert-OH is 1. The third kappa shape index (κ3) is 5.11. The summed E-state index contributed by atoms with van der Waals surface area (Å²) in [6.45, 7) is 5.26. The molecule has 0 fully saturated rings. The van der Waals surface area contributed by atoms with Gasteiger partial charge in [-0.15, -0.1) is 11.3 Å². The molecule has 1 aromatic carbocycles. The average Bonchev–Trinajstić information content (AvgIpc) is 3.05. The fraction of sp³-hybridized carbons (Fsp3) is 0.412. The Bertz CT molecular complexity index is 629. The van der Waals surface area contributed by atoms with Gasteiger partial charge in [0.1, 0.15) is 18.7 Å². The number of halogens is 1. The minimum absolute atomic E-state index is 0.111. The second-order valence-corrected chi connectivity index (χ2v) is 7.47. The molecule has 0 aliphatic carbocycles. The molecular formula is C17H23ClNO3S+. The summed E-state index contributed by atoms with van der Waals surface area (Å²) in [6, 6.07) is 7.83. The van der Waals surface area contributed by atoms with E-state index in [0.717, 1.165) is 10.4 Å².